The number of thiophene rings is 1. The molecule has 0 saturated carbocycles. The number of nitrogens with one attached hydrogen (secondary N) is 1. The molecule has 6 heteroatoms. The highest BCUT2D eigenvalue weighted by Crippen LogP contribution is 2.23. The number of anilines is 1. The highest BCUT2D eigenvalue weighted by Gasteiger charge is 2.15. The molecule has 22 heavy (non-hydrogen) atoms. The summed E-state index contributed by atoms with van der Waals surface area (Å²) in [5.41, 5.74) is 0.467. The molecular weight excluding hydrogens is 298 g/mol. The molecule has 0 fully saturated rings. The van der Waals surface area contributed by atoms with E-state index >= 15 is 0 Å². The molecule has 0 saturated heterocycles. The van der Waals surface area contributed by atoms with Crippen molar-refractivity contribution < 1.29 is 9.53 Å². The maximum Gasteiger partial charge on any atom is 0.339 e. The van der Waals surface area contributed by atoms with Gasteiger partial charge in [-0.3, -0.25) is 0 Å². The summed E-state index contributed by atoms with van der Waals surface area (Å²) in [4.78, 5) is 19.3. The number of likely N-dealkylation sites (N-methyl/N-ethyl adjacent to an activating group) is 1. The summed E-state index contributed by atoms with van der Waals surface area (Å²) < 4.78 is 4.94. The molecule has 0 bridgehead atoms. The normalized spacial score (nSPS) is 12.2. The molecule has 0 aromatic carbocycles. The molecule has 2 aromatic rings. The first-order valence-electron chi connectivity index (χ1n) is 7.18. The van der Waals surface area contributed by atoms with Crippen LogP contribution in [-0.2, 0) is 4.74 Å². The van der Waals surface area contributed by atoms with Crippen LogP contribution in [-0.4, -0.2) is 43.1 Å². The van der Waals surface area contributed by atoms with Crippen LogP contribution in [0.3, 0.4) is 0 Å². The zero-order valence-corrected chi connectivity index (χ0v) is 13.9. The standard InChI is InChI=1S/C16H21N3O2S/c1-4-21-16(20)12-7-8-15(17-10-12)18-11-13(19(2)3)14-6-5-9-22-14/h5-10,13H,4,11H2,1-3H3,(H,17,18). The van der Waals surface area contributed by atoms with Crippen LogP contribution in [0.4, 0.5) is 5.82 Å². The van der Waals surface area contributed by atoms with Gasteiger partial charge in [0.1, 0.15) is 5.82 Å². The van der Waals surface area contributed by atoms with E-state index in [0.29, 0.717) is 12.2 Å². The highest BCUT2D eigenvalue weighted by molar-refractivity contribution is 7.10. The van der Waals surface area contributed by atoms with E-state index in [0.717, 1.165) is 12.4 Å². The second-order valence-electron chi connectivity index (χ2n) is 5.03. The maximum atomic E-state index is 11.6. The van der Waals surface area contributed by atoms with Crippen molar-refractivity contribution in [1.29, 1.82) is 0 Å². The van der Waals surface area contributed by atoms with E-state index in [2.05, 4.69) is 46.8 Å². The number of aromatic nitrogens is 1. The summed E-state index contributed by atoms with van der Waals surface area (Å²) >= 11 is 1.74. The molecule has 2 aromatic heterocycles. The third kappa shape index (κ3) is 4.29. The first-order chi connectivity index (χ1) is 10.6. The van der Waals surface area contributed by atoms with E-state index < -0.39 is 0 Å². The average molecular weight is 319 g/mol. The van der Waals surface area contributed by atoms with Crippen LogP contribution in [0, 0.1) is 0 Å². The van der Waals surface area contributed by atoms with Gasteiger partial charge in [-0.05, 0) is 44.6 Å². The summed E-state index contributed by atoms with van der Waals surface area (Å²) in [6.07, 6.45) is 1.54. The predicted molar refractivity (Wildman–Crippen MR) is 89.4 cm³/mol. The van der Waals surface area contributed by atoms with Gasteiger partial charge in [-0.15, -0.1) is 11.3 Å². The number of esters is 1. The molecule has 1 unspecified atom stereocenters. The maximum absolute atomic E-state index is 11.6. The van der Waals surface area contributed by atoms with E-state index in [4.69, 9.17) is 4.74 Å². The molecule has 2 heterocycles. The number of rotatable bonds is 7. The van der Waals surface area contributed by atoms with Gasteiger partial charge in [0, 0.05) is 17.6 Å². The second kappa shape index (κ2) is 7.91. The molecule has 0 spiro atoms. The summed E-state index contributed by atoms with van der Waals surface area (Å²) in [5.74, 6) is 0.405. The predicted octanol–water partition coefficient (Wildman–Crippen LogP) is 3.03. The van der Waals surface area contributed by atoms with Gasteiger partial charge in [0.15, 0.2) is 0 Å². The monoisotopic (exact) mass is 319 g/mol. The summed E-state index contributed by atoms with van der Waals surface area (Å²) in [6.45, 7) is 2.90. The smallest absolute Gasteiger partial charge is 0.339 e. The molecule has 0 aliphatic heterocycles. The van der Waals surface area contributed by atoms with Crippen molar-refractivity contribution in [2.75, 3.05) is 32.6 Å². The van der Waals surface area contributed by atoms with Crippen LogP contribution in [0.15, 0.2) is 35.8 Å². The largest absolute Gasteiger partial charge is 0.462 e. The lowest BCUT2D eigenvalue weighted by atomic mass is 10.2. The van der Waals surface area contributed by atoms with Crippen LogP contribution in [0.1, 0.15) is 28.2 Å². The van der Waals surface area contributed by atoms with Gasteiger partial charge in [0.2, 0.25) is 0 Å². The number of ether oxygens (including phenoxy) is 1. The minimum atomic E-state index is -0.341. The fourth-order valence-corrected chi connectivity index (χ4v) is 2.98. The van der Waals surface area contributed by atoms with Crippen LogP contribution < -0.4 is 5.32 Å². The van der Waals surface area contributed by atoms with Gasteiger partial charge in [-0.25, -0.2) is 9.78 Å². The Balaban J connectivity index is 1.97. The van der Waals surface area contributed by atoms with Gasteiger partial charge < -0.3 is 15.0 Å². The summed E-state index contributed by atoms with van der Waals surface area (Å²) in [5, 5.41) is 5.40. The Morgan fingerprint density at radius 1 is 1.41 bits per heavy atom. The summed E-state index contributed by atoms with van der Waals surface area (Å²) in [6, 6.07) is 8.00. The Hall–Kier alpha value is -1.92. The highest BCUT2D eigenvalue weighted by atomic mass is 32.1. The number of hydrogen-bond donors (Lipinski definition) is 1. The molecule has 5 nitrogen and oxygen atoms in total. The van der Waals surface area contributed by atoms with Crippen LogP contribution >= 0.6 is 11.3 Å². The van der Waals surface area contributed by atoms with E-state index in [1.807, 2.05) is 0 Å². The van der Waals surface area contributed by atoms with Gasteiger partial charge in [0.25, 0.3) is 0 Å². The van der Waals surface area contributed by atoms with Crippen molar-refractivity contribution in [3.63, 3.8) is 0 Å². The van der Waals surface area contributed by atoms with Crippen LogP contribution in [0.2, 0.25) is 0 Å². The van der Waals surface area contributed by atoms with Crippen LogP contribution in [0.25, 0.3) is 0 Å². The number of pyridine rings is 1. The third-order valence-corrected chi connectivity index (χ3v) is 4.22. The van der Waals surface area contributed by atoms with E-state index in [-0.39, 0.29) is 12.0 Å². The minimum Gasteiger partial charge on any atom is -0.462 e. The lowest BCUT2D eigenvalue weighted by molar-refractivity contribution is 0.0526. The van der Waals surface area contributed by atoms with Crippen molar-refractivity contribution in [2.45, 2.75) is 13.0 Å². The van der Waals surface area contributed by atoms with Crippen molar-refractivity contribution in [2.24, 2.45) is 0 Å². The topological polar surface area (TPSA) is 54.5 Å². The van der Waals surface area contributed by atoms with E-state index in [1.54, 1.807) is 30.4 Å². The number of hydrogen-bond acceptors (Lipinski definition) is 6. The lowest BCUT2D eigenvalue weighted by Crippen LogP contribution is -2.26. The lowest BCUT2D eigenvalue weighted by Gasteiger charge is -2.23. The molecule has 2 rings (SSSR count). The van der Waals surface area contributed by atoms with Gasteiger partial charge in [-0.1, -0.05) is 6.07 Å². The molecule has 1 atom stereocenters. The van der Waals surface area contributed by atoms with Gasteiger partial charge in [0.05, 0.1) is 18.2 Å². The van der Waals surface area contributed by atoms with E-state index in [9.17, 15) is 4.79 Å². The Morgan fingerprint density at radius 2 is 2.23 bits per heavy atom. The molecular formula is C16H21N3O2S. The molecule has 118 valence electrons. The first-order valence-corrected chi connectivity index (χ1v) is 8.06. The van der Waals surface area contributed by atoms with Gasteiger partial charge in [-0.2, -0.15) is 0 Å². The average Bonchev–Trinajstić information content (AvgIpc) is 3.02. The van der Waals surface area contributed by atoms with Gasteiger partial charge >= 0.3 is 5.97 Å². The van der Waals surface area contributed by atoms with Crippen molar-refractivity contribution in [3.05, 3.63) is 46.3 Å². The number of carbonyl (C=O) groups excluding carboxylic acids is 1. The molecule has 0 amide bonds. The third-order valence-electron chi connectivity index (χ3n) is 3.25. The minimum absolute atomic E-state index is 0.284. The molecule has 0 radical (unpaired) electrons. The van der Waals surface area contributed by atoms with Crippen molar-refractivity contribution in [1.82, 2.24) is 9.88 Å². The van der Waals surface area contributed by atoms with E-state index in [1.165, 1.54) is 11.1 Å². The Bertz CT molecular complexity index is 582. The number of carbonyl (C=O) groups is 1. The second-order valence-corrected chi connectivity index (χ2v) is 6.01. The Kier molecular flexibility index (Phi) is 5.91. The van der Waals surface area contributed by atoms with Crippen molar-refractivity contribution >= 4 is 23.1 Å². The fourth-order valence-electron chi connectivity index (χ4n) is 2.05. The number of nitrogens with zero attached hydrogens (tertiary/aromatic N) is 2. The van der Waals surface area contributed by atoms with Crippen LogP contribution in [0.5, 0.6) is 0 Å². The fraction of sp³-hybridized carbons (Fsp3) is 0.375. The Morgan fingerprint density at radius 3 is 2.77 bits per heavy atom. The SMILES string of the molecule is CCOC(=O)c1ccc(NCC(c2cccs2)N(C)C)nc1. The quantitative estimate of drug-likeness (QED) is 0.795. The Labute approximate surface area is 134 Å². The molecule has 0 aliphatic carbocycles. The van der Waals surface area contributed by atoms with Crippen molar-refractivity contribution in [3.8, 4) is 0 Å². The molecule has 0 aliphatic rings. The zero-order chi connectivity index (χ0) is 15.9. The first kappa shape index (κ1) is 16.5. The zero-order valence-electron chi connectivity index (χ0n) is 13.1. The summed E-state index contributed by atoms with van der Waals surface area (Å²) in [7, 11) is 4.12. The molecule has 1 N–H and O–H groups in total.